The van der Waals surface area contributed by atoms with E-state index in [9.17, 15) is 14.7 Å². The third-order valence-corrected chi connectivity index (χ3v) is 8.45. The second-order valence-electron chi connectivity index (χ2n) is 11.4. The molecule has 42 heavy (non-hydrogen) atoms. The molecule has 12 heteroatoms. The molecule has 3 aliphatic rings. The minimum absolute atomic E-state index is 0.0774. The van der Waals surface area contributed by atoms with E-state index in [0.717, 1.165) is 63.2 Å². The molecule has 12 nitrogen and oxygen atoms in total. The van der Waals surface area contributed by atoms with Gasteiger partial charge in [0.05, 0.1) is 12.3 Å². The van der Waals surface area contributed by atoms with Crippen LogP contribution in [0.2, 0.25) is 0 Å². The van der Waals surface area contributed by atoms with E-state index in [1.807, 2.05) is 11.0 Å². The first-order valence-electron chi connectivity index (χ1n) is 14.6. The second kappa shape index (κ2) is 12.5. The molecule has 2 amide bonds. The van der Waals surface area contributed by atoms with Gasteiger partial charge in [-0.05, 0) is 55.4 Å². The summed E-state index contributed by atoms with van der Waals surface area (Å²) in [4.78, 5) is 41.4. The average molecular weight is 576 g/mol. The van der Waals surface area contributed by atoms with Crippen LogP contribution in [-0.2, 0) is 24.4 Å². The lowest BCUT2D eigenvalue weighted by molar-refractivity contribution is -0.142. The van der Waals surface area contributed by atoms with Crippen LogP contribution in [0.4, 0.5) is 5.82 Å². The molecular formula is C30H37N7O5. The summed E-state index contributed by atoms with van der Waals surface area (Å²) >= 11 is 0. The standard InChI is InChI=1S/C30H37N7O5/c1-19-25-5-8-36(14-20(25)3-4-27(19)41-16-24-13-31-18-42-24)15-23(38)12-32-29(39)26-11-28(34-17-33-26)35-22-9-21(10-22)30(40)37-6-2-7-37/h3-4,11,13,17-18,21-23,38H,2,5-10,12,14-16H2,1H3,(H,32,39)(H,33,34,35)/t21?,22?,23-/m0/s1. The summed E-state index contributed by atoms with van der Waals surface area (Å²) < 4.78 is 11.2. The summed E-state index contributed by atoms with van der Waals surface area (Å²) in [7, 11) is 0. The van der Waals surface area contributed by atoms with Crippen molar-refractivity contribution in [1.29, 1.82) is 0 Å². The van der Waals surface area contributed by atoms with Gasteiger partial charge >= 0.3 is 0 Å². The summed E-state index contributed by atoms with van der Waals surface area (Å²) in [6, 6.07) is 5.82. The number of hydrogen-bond acceptors (Lipinski definition) is 10. The van der Waals surface area contributed by atoms with Crippen molar-refractivity contribution in [3.63, 3.8) is 0 Å². The van der Waals surface area contributed by atoms with E-state index in [-0.39, 0.29) is 36.0 Å². The summed E-state index contributed by atoms with van der Waals surface area (Å²) in [6.07, 6.45) is 7.15. The Morgan fingerprint density at radius 3 is 2.83 bits per heavy atom. The number of benzene rings is 1. The highest BCUT2D eigenvalue weighted by atomic mass is 16.5. The molecule has 0 radical (unpaired) electrons. The molecule has 1 aromatic carbocycles. The number of amides is 2. The molecule has 1 aliphatic carbocycles. The highest BCUT2D eigenvalue weighted by Gasteiger charge is 2.38. The predicted molar refractivity (Wildman–Crippen MR) is 153 cm³/mol. The highest BCUT2D eigenvalue weighted by Crippen LogP contribution is 2.33. The summed E-state index contributed by atoms with van der Waals surface area (Å²) in [6.45, 7) is 6.24. The van der Waals surface area contributed by atoms with Gasteiger partial charge < -0.3 is 29.8 Å². The number of fused-ring (bicyclic) bond motifs is 1. The summed E-state index contributed by atoms with van der Waals surface area (Å²) in [5, 5.41) is 16.8. The molecule has 2 fully saturated rings. The Bertz CT molecular complexity index is 1410. The summed E-state index contributed by atoms with van der Waals surface area (Å²) in [5.41, 5.74) is 3.84. The molecule has 1 saturated carbocycles. The second-order valence-corrected chi connectivity index (χ2v) is 11.4. The number of β-amino-alcohol motifs (C(OH)–C–C–N with tert-alkyl or cyclic N) is 1. The van der Waals surface area contributed by atoms with Gasteiger partial charge in [0.1, 0.15) is 30.2 Å². The van der Waals surface area contributed by atoms with Gasteiger partial charge in [-0.1, -0.05) is 6.07 Å². The first-order chi connectivity index (χ1) is 20.4. The minimum Gasteiger partial charge on any atom is -0.485 e. The molecule has 6 rings (SSSR count). The van der Waals surface area contributed by atoms with Crippen LogP contribution >= 0.6 is 0 Å². The molecule has 222 valence electrons. The third-order valence-electron chi connectivity index (χ3n) is 8.45. The van der Waals surface area contributed by atoms with E-state index in [1.54, 1.807) is 12.3 Å². The zero-order valence-corrected chi connectivity index (χ0v) is 23.8. The van der Waals surface area contributed by atoms with Gasteiger partial charge in [-0.3, -0.25) is 14.5 Å². The van der Waals surface area contributed by atoms with Crippen LogP contribution in [0.5, 0.6) is 5.75 Å². The van der Waals surface area contributed by atoms with Gasteiger partial charge in [0.2, 0.25) is 5.91 Å². The Morgan fingerprint density at radius 2 is 2.07 bits per heavy atom. The third kappa shape index (κ3) is 6.39. The number of hydrogen-bond donors (Lipinski definition) is 3. The fraction of sp³-hybridized carbons (Fsp3) is 0.500. The SMILES string of the molecule is Cc1c(OCc2cnco2)ccc2c1CCN(C[C@@H](O)CNC(=O)c1cc(NC3CC(C(=O)N4CCC4)C3)ncn1)C2. The minimum atomic E-state index is -0.726. The van der Waals surface area contributed by atoms with Crippen LogP contribution in [0, 0.1) is 12.8 Å². The number of nitrogens with zero attached hydrogens (tertiary/aromatic N) is 5. The van der Waals surface area contributed by atoms with Crippen LogP contribution in [0.1, 0.15) is 52.2 Å². The number of carbonyl (C=O) groups excluding carboxylic acids is 2. The monoisotopic (exact) mass is 575 g/mol. The van der Waals surface area contributed by atoms with E-state index < -0.39 is 6.10 Å². The Morgan fingerprint density at radius 1 is 1.21 bits per heavy atom. The first-order valence-corrected chi connectivity index (χ1v) is 14.6. The maximum Gasteiger partial charge on any atom is 0.270 e. The van der Waals surface area contributed by atoms with E-state index in [2.05, 4.69) is 43.5 Å². The van der Waals surface area contributed by atoms with Crippen molar-refractivity contribution in [2.45, 2.75) is 57.9 Å². The van der Waals surface area contributed by atoms with Crippen LogP contribution < -0.4 is 15.4 Å². The van der Waals surface area contributed by atoms with E-state index in [0.29, 0.717) is 24.7 Å². The molecule has 2 aliphatic heterocycles. The average Bonchev–Trinajstić information content (AvgIpc) is 3.46. The molecule has 0 bridgehead atoms. The number of likely N-dealkylation sites (tertiary alicyclic amines) is 1. The molecule has 2 aromatic heterocycles. The number of rotatable bonds is 11. The van der Waals surface area contributed by atoms with Gasteiger partial charge in [-0.2, -0.15) is 0 Å². The molecule has 3 aromatic rings. The van der Waals surface area contributed by atoms with Crippen molar-refractivity contribution in [3.8, 4) is 5.75 Å². The topological polar surface area (TPSA) is 146 Å². The Balaban J connectivity index is 0.941. The van der Waals surface area contributed by atoms with Gasteiger partial charge in [0.25, 0.3) is 5.91 Å². The Hall–Kier alpha value is -4.03. The summed E-state index contributed by atoms with van der Waals surface area (Å²) in [5.74, 6) is 2.03. The highest BCUT2D eigenvalue weighted by molar-refractivity contribution is 5.92. The van der Waals surface area contributed by atoms with Crippen molar-refractivity contribution in [2.24, 2.45) is 5.92 Å². The first kappa shape index (κ1) is 28.1. The molecule has 4 heterocycles. The van der Waals surface area contributed by atoms with Crippen LogP contribution in [0.3, 0.4) is 0 Å². The number of carbonyl (C=O) groups is 2. The van der Waals surface area contributed by atoms with Gasteiger partial charge in [-0.15, -0.1) is 0 Å². The van der Waals surface area contributed by atoms with Crippen molar-refractivity contribution >= 4 is 17.6 Å². The number of aromatic nitrogens is 3. The lowest BCUT2D eigenvalue weighted by atomic mass is 9.79. The van der Waals surface area contributed by atoms with E-state index >= 15 is 0 Å². The van der Waals surface area contributed by atoms with Gasteiger partial charge in [0, 0.05) is 57.3 Å². The smallest absolute Gasteiger partial charge is 0.270 e. The number of ether oxygens (including phenoxy) is 1. The lowest BCUT2D eigenvalue weighted by Gasteiger charge is -2.41. The van der Waals surface area contributed by atoms with Crippen LogP contribution in [0.25, 0.3) is 0 Å². The van der Waals surface area contributed by atoms with Crippen molar-refractivity contribution in [1.82, 2.24) is 30.1 Å². The van der Waals surface area contributed by atoms with Crippen LogP contribution in [0.15, 0.2) is 41.5 Å². The maximum absolute atomic E-state index is 12.8. The van der Waals surface area contributed by atoms with Crippen molar-refractivity contribution in [2.75, 3.05) is 38.0 Å². The quantitative estimate of drug-likeness (QED) is 0.310. The molecule has 3 N–H and O–H groups in total. The fourth-order valence-corrected chi connectivity index (χ4v) is 5.82. The van der Waals surface area contributed by atoms with E-state index in [4.69, 9.17) is 9.15 Å². The zero-order chi connectivity index (χ0) is 29.1. The number of oxazole rings is 1. The van der Waals surface area contributed by atoms with Gasteiger partial charge in [0.15, 0.2) is 12.2 Å². The number of anilines is 1. The van der Waals surface area contributed by atoms with Crippen molar-refractivity contribution in [3.05, 3.63) is 65.3 Å². The largest absolute Gasteiger partial charge is 0.485 e. The predicted octanol–water partition coefficient (Wildman–Crippen LogP) is 1.92. The Kier molecular flexibility index (Phi) is 8.34. The normalized spacial score (nSPS) is 20.6. The zero-order valence-electron chi connectivity index (χ0n) is 23.8. The van der Waals surface area contributed by atoms with Crippen molar-refractivity contribution < 1.29 is 23.8 Å². The maximum atomic E-state index is 12.8. The number of aliphatic hydroxyl groups excluding tert-OH is 1. The van der Waals surface area contributed by atoms with Gasteiger partial charge in [-0.25, -0.2) is 15.0 Å². The fourth-order valence-electron chi connectivity index (χ4n) is 5.82. The molecular weight excluding hydrogens is 538 g/mol. The van der Waals surface area contributed by atoms with Crippen LogP contribution in [-0.4, -0.2) is 86.5 Å². The van der Waals surface area contributed by atoms with E-state index in [1.165, 1.54) is 23.8 Å². The number of nitrogens with one attached hydrogen (secondary N) is 2. The number of aliphatic hydroxyl groups is 1. The Labute approximate surface area is 244 Å². The molecule has 1 atom stereocenters. The lowest BCUT2D eigenvalue weighted by Crippen LogP contribution is -2.50. The molecule has 0 spiro atoms. The molecule has 1 saturated heterocycles. The molecule has 0 unspecified atom stereocenters.